The maximum Gasteiger partial charge on any atom is 0.234 e. The van der Waals surface area contributed by atoms with E-state index in [1.165, 1.54) is 0 Å². The van der Waals surface area contributed by atoms with E-state index in [1.54, 1.807) is 0 Å². The molecule has 3 heteroatoms. The number of nitrogens with two attached hydrogens (primary N) is 1. The van der Waals surface area contributed by atoms with E-state index in [9.17, 15) is 4.79 Å². The van der Waals surface area contributed by atoms with Gasteiger partial charge in [0.15, 0.2) is 0 Å². The highest BCUT2D eigenvalue weighted by Crippen LogP contribution is 2.10. The molecular formula is C10H22N2O. The predicted octanol–water partition coefficient (Wildman–Crippen LogP) is 1.37. The number of primary amides is 1. The molecule has 0 bridgehead atoms. The van der Waals surface area contributed by atoms with E-state index >= 15 is 0 Å². The molecule has 3 nitrogen and oxygen atoms in total. The van der Waals surface area contributed by atoms with Crippen LogP contribution in [0.4, 0.5) is 0 Å². The molecule has 13 heavy (non-hydrogen) atoms. The Balaban J connectivity index is 4.18. The molecule has 0 heterocycles. The monoisotopic (exact) mass is 186 g/mol. The van der Waals surface area contributed by atoms with Crippen molar-refractivity contribution in [1.82, 2.24) is 4.90 Å². The fourth-order valence-electron chi connectivity index (χ4n) is 1.62. The Morgan fingerprint density at radius 1 is 1.46 bits per heavy atom. The topological polar surface area (TPSA) is 46.3 Å². The summed E-state index contributed by atoms with van der Waals surface area (Å²) in [6.07, 6.45) is 3.04. The molecule has 0 rings (SSSR count). The number of carbonyl (C=O) groups is 1. The molecule has 0 aromatic carbocycles. The van der Waals surface area contributed by atoms with Crippen LogP contribution in [-0.4, -0.2) is 29.9 Å². The quantitative estimate of drug-likeness (QED) is 0.681. The van der Waals surface area contributed by atoms with Gasteiger partial charge in [0.1, 0.15) is 0 Å². The minimum atomic E-state index is -0.215. The van der Waals surface area contributed by atoms with Gasteiger partial charge in [-0.2, -0.15) is 0 Å². The Morgan fingerprint density at radius 2 is 2.00 bits per heavy atom. The zero-order valence-corrected chi connectivity index (χ0v) is 9.21. The van der Waals surface area contributed by atoms with Gasteiger partial charge in [0.05, 0.1) is 6.04 Å². The molecule has 0 aromatic rings. The van der Waals surface area contributed by atoms with Gasteiger partial charge >= 0.3 is 0 Å². The fraction of sp³-hybridized carbons (Fsp3) is 0.900. The lowest BCUT2D eigenvalue weighted by atomic mass is 10.1. The van der Waals surface area contributed by atoms with E-state index < -0.39 is 0 Å². The summed E-state index contributed by atoms with van der Waals surface area (Å²) >= 11 is 0. The highest BCUT2D eigenvalue weighted by molar-refractivity contribution is 5.79. The van der Waals surface area contributed by atoms with E-state index in [1.807, 2.05) is 14.0 Å². The maximum absolute atomic E-state index is 11.1. The van der Waals surface area contributed by atoms with Gasteiger partial charge in [-0.1, -0.05) is 20.3 Å². The van der Waals surface area contributed by atoms with Crippen LogP contribution in [-0.2, 0) is 4.79 Å². The Bertz CT molecular complexity index is 159. The van der Waals surface area contributed by atoms with E-state index in [4.69, 9.17) is 5.73 Å². The van der Waals surface area contributed by atoms with Gasteiger partial charge in [0, 0.05) is 6.04 Å². The molecule has 0 saturated carbocycles. The van der Waals surface area contributed by atoms with Crippen LogP contribution in [0, 0.1) is 0 Å². The maximum atomic E-state index is 11.1. The van der Waals surface area contributed by atoms with Crippen LogP contribution in [0.1, 0.15) is 40.0 Å². The first kappa shape index (κ1) is 12.4. The lowest BCUT2D eigenvalue weighted by Gasteiger charge is -2.30. The van der Waals surface area contributed by atoms with E-state index in [-0.39, 0.29) is 11.9 Å². The second-order valence-electron chi connectivity index (χ2n) is 3.63. The molecule has 2 unspecified atom stereocenters. The van der Waals surface area contributed by atoms with Crippen LogP contribution in [0.3, 0.4) is 0 Å². The zero-order valence-electron chi connectivity index (χ0n) is 9.21. The third kappa shape index (κ3) is 3.77. The summed E-state index contributed by atoms with van der Waals surface area (Å²) < 4.78 is 0. The normalized spacial score (nSPS) is 15.8. The molecule has 0 aliphatic rings. The van der Waals surface area contributed by atoms with Crippen LogP contribution in [0.15, 0.2) is 0 Å². The molecule has 78 valence electrons. The molecule has 0 saturated heterocycles. The van der Waals surface area contributed by atoms with Gasteiger partial charge in [0.25, 0.3) is 0 Å². The van der Waals surface area contributed by atoms with Crippen molar-refractivity contribution in [2.24, 2.45) is 5.73 Å². The van der Waals surface area contributed by atoms with E-state index in [2.05, 4.69) is 18.7 Å². The molecule has 0 aliphatic heterocycles. The summed E-state index contributed by atoms with van der Waals surface area (Å²) in [5.41, 5.74) is 5.30. The van der Waals surface area contributed by atoms with Gasteiger partial charge in [-0.05, 0) is 26.8 Å². The Morgan fingerprint density at radius 3 is 2.31 bits per heavy atom. The van der Waals surface area contributed by atoms with Crippen molar-refractivity contribution in [3.63, 3.8) is 0 Å². The molecule has 0 fully saturated rings. The number of hydrogen-bond donors (Lipinski definition) is 1. The SMILES string of the molecule is CCCC(C)N(C)C(CC)C(N)=O. The van der Waals surface area contributed by atoms with Crippen molar-refractivity contribution < 1.29 is 4.79 Å². The number of rotatable bonds is 6. The second kappa shape index (κ2) is 5.97. The number of amides is 1. The van der Waals surface area contributed by atoms with Crippen LogP contribution >= 0.6 is 0 Å². The lowest BCUT2D eigenvalue weighted by Crippen LogP contribution is -2.46. The average Bonchev–Trinajstić information content (AvgIpc) is 2.05. The Kier molecular flexibility index (Phi) is 5.71. The minimum absolute atomic E-state index is 0.110. The summed E-state index contributed by atoms with van der Waals surface area (Å²) in [4.78, 5) is 13.1. The smallest absolute Gasteiger partial charge is 0.234 e. The molecule has 0 aromatic heterocycles. The molecule has 0 radical (unpaired) electrons. The van der Waals surface area contributed by atoms with Gasteiger partial charge < -0.3 is 5.73 Å². The summed E-state index contributed by atoms with van der Waals surface area (Å²) in [7, 11) is 1.97. The fourth-order valence-corrected chi connectivity index (χ4v) is 1.62. The third-order valence-corrected chi connectivity index (χ3v) is 2.61. The van der Waals surface area contributed by atoms with Crippen molar-refractivity contribution >= 4 is 5.91 Å². The standard InChI is InChI=1S/C10H22N2O/c1-5-7-8(3)12(4)9(6-2)10(11)13/h8-9H,5-7H2,1-4H3,(H2,11,13). The summed E-state index contributed by atoms with van der Waals surface area (Å²) in [6, 6.07) is 0.323. The number of hydrogen-bond acceptors (Lipinski definition) is 2. The van der Waals surface area contributed by atoms with Crippen LogP contribution in [0.25, 0.3) is 0 Å². The first-order valence-electron chi connectivity index (χ1n) is 5.05. The van der Waals surface area contributed by atoms with E-state index in [0.29, 0.717) is 6.04 Å². The highest BCUT2D eigenvalue weighted by atomic mass is 16.1. The molecule has 0 spiro atoms. The number of nitrogens with zero attached hydrogens (tertiary/aromatic N) is 1. The number of likely N-dealkylation sites (N-methyl/N-ethyl adjacent to an activating group) is 1. The lowest BCUT2D eigenvalue weighted by molar-refractivity contribution is -0.123. The minimum Gasteiger partial charge on any atom is -0.368 e. The van der Waals surface area contributed by atoms with Gasteiger partial charge in [-0.3, -0.25) is 9.69 Å². The highest BCUT2D eigenvalue weighted by Gasteiger charge is 2.21. The summed E-state index contributed by atoms with van der Waals surface area (Å²) in [5, 5.41) is 0. The summed E-state index contributed by atoms with van der Waals surface area (Å²) in [5.74, 6) is -0.215. The Labute approximate surface area is 81.3 Å². The molecule has 2 N–H and O–H groups in total. The average molecular weight is 186 g/mol. The first-order chi connectivity index (χ1) is 6.04. The largest absolute Gasteiger partial charge is 0.368 e. The van der Waals surface area contributed by atoms with Crippen LogP contribution in [0.2, 0.25) is 0 Å². The van der Waals surface area contributed by atoms with Crippen LogP contribution < -0.4 is 5.73 Å². The second-order valence-corrected chi connectivity index (χ2v) is 3.63. The van der Waals surface area contributed by atoms with Crippen LogP contribution in [0.5, 0.6) is 0 Å². The van der Waals surface area contributed by atoms with Crippen molar-refractivity contribution in [2.75, 3.05) is 7.05 Å². The molecule has 0 aliphatic carbocycles. The van der Waals surface area contributed by atoms with Crippen molar-refractivity contribution in [3.8, 4) is 0 Å². The van der Waals surface area contributed by atoms with Crippen molar-refractivity contribution in [3.05, 3.63) is 0 Å². The molecule has 1 amide bonds. The number of carbonyl (C=O) groups excluding carboxylic acids is 1. The Hall–Kier alpha value is -0.570. The predicted molar refractivity (Wildman–Crippen MR) is 55.4 cm³/mol. The van der Waals surface area contributed by atoms with Crippen molar-refractivity contribution in [2.45, 2.75) is 52.1 Å². The first-order valence-corrected chi connectivity index (χ1v) is 5.05. The van der Waals surface area contributed by atoms with E-state index in [0.717, 1.165) is 19.3 Å². The zero-order chi connectivity index (χ0) is 10.4. The third-order valence-electron chi connectivity index (χ3n) is 2.61. The van der Waals surface area contributed by atoms with Crippen molar-refractivity contribution in [1.29, 1.82) is 0 Å². The van der Waals surface area contributed by atoms with Gasteiger partial charge in [0.2, 0.25) is 5.91 Å². The van der Waals surface area contributed by atoms with Gasteiger partial charge in [-0.25, -0.2) is 0 Å². The summed E-state index contributed by atoms with van der Waals surface area (Å²) in [6.45, 7) is 6.27. The van der Waals surface area contributed by atoms with Gasteiger partial charge in [-0.15, -0.1) is 0 Å². The molecule has 2 atom stereocenters. The molecular weight excluding hydrogens is 164 g/mol.